The Morgan fingerprint density at radius 2 is 1.92 bits per heavy atom. The van der Waals surface area contributed by atoms with E-state index in [1.54, 1.807) is 0 Å². The molecule has 0 saturated heterocycles. The summed E-state index contributed by atoms with van der Waals surface area (Å²) in [6.45, 7) is 2.30. The number of nitrogens with one attached hydrogen (secondary N) is 2. The minimum atomic E-state index is -0.579. The molecule has 2 aliphatic rings. The molecule has 2 unspecified atom stereocenters. The molecule has 2 atom stereocenters. The van der Waals surface area contributed by atoms with E-state index in [9.17, 15) is 9.90 Å². The van der Waals surface area contributed by atoms with Crippen LogP contribution >= 0.6 is 0 Å². The zero-order chi connectivity index (χ0) is 17.9. The number of aliphatic hydroxyl groups excluding tert-OH is 1. The zero-order valence-corrected chi connectivity index (χ0v) is 14.6. The van der Waals surface area contributed by atoms with Crippen molar-refractivity contribution in [3.8, 4) is 0 Å². The highest BCUT2D eigenvalue weighted by molar-refractivity contribution is 5.75. The van der Waals surface area contributed by atoms with Crippen molar-refractivity contribution in [1.82, 2.24) is 10.6 Å². The quantitative estimate of drug-likeness (QED) is 0.743. The molecule has 134 valence electrons. The van der Waals surface area contributed by atoms with Crippen molar-refractivity contribution >= 4 is 11.7 Å². The van der Waals surface area contributed by atoms with E-state index in [1.807, 2.05) is 36.4 Å². The van der Waals surface area contributed by atoms with Crippen LogP contribution < -0.4 is 15.5 Å². The number of nitrogens with zero attached hydrogens (tertiary/aromatic N) is 1. The number of urea groups is 1. The van der Waals surface area contributed by atoms with Crippen LogP contribution in [0, 0.1) is 0 Å². The van der Waals surface area contributed by atoms with E-state index in [2.05, 4.69) is 39.8 Å². The summed E-state index contributed by atoms with van der Waals surface area (Å²) in [5.41, 5.74) is 4.31. The largest absolute Gasteiger partial charge is 0.390 e. The van der Waals surface area contributed by atoms with Gasteiger partial charge in [-0.05, 0) is 28.8 Å². The minimum Gasteiger partial charge on any atom is -0.390 e. The molecule has 2 aromatic rings. The summed E-state index contributed by atoms with van der Waals surface area (Å²) in [6.07, 6.45) is 4.31. The number of fused-ring (bicyclic) bond motifs is 1. The lowest BCUT2D eigenvalue weighted by Crippen LogP contribution is -2.40. The van der Waals surface area contributed by atoms with E-state index >= 15 is 0 Å². The van der Waals surface area contributed by atoms with Gasteiger partial charge in [0.15, 0.2) is 0 Å². The maximum Gasteiger partial charge on any atom is 0.315 e. The predicted octanol–water partition coefficient (Wildman–Crippen LogP) is 2.52. The molecule has 0 saturated carbocycles. The Morgan fingerprint density at radius 1 is 1.12 bits per heavy atom. The Labute approximate surface area is 153 Å². The van der Waals surface area contributed by atoms with Crippen molar-refractivity contribution in [3.05, 3.63) is 77.4 Å². The van der Waals surface area contributed by atoms with E-state index in [1.165, 1.54) is 0 Å². The molecule has 0 aromatic heterocycles. The maximum absolute atomic E-state index is 12.3. The van der Waals surface area contributed by atoms with E-state index in [4.69, 9.17) is 0 Å². The molecule has 2 amide bonds. The topological polar surface area (TPSA) is 64.6 Å². The van der Waals surface area contributed by atoms with Crippen molar-refractivity contribution in [1.29, 1.82) is 0 Å². The van der Waals surface area contributed by atoms with Crippen molar-refractivity contribution in [2.45, 2.75) is 25.1 Å². The third-order valence-electron chi connectivity index (χ3n) is 5.04. The third-order valence-corrected chi connectivity index (χ3v) is 5.04. The van der Waals surface area contributed by atoms with Crippen LogP contribution in [0.15, 0.2) is 60.7 Å². The fourth-order valence-electron chi connectivity index (χ4n) is 3.67. The normalized spacial score (nSPS) is 20.9. The average molecular weight is 349 g/mol. The zero-order valence-electron chi connectivity index (χ0n) is 14.6. The number of hydrogen-bond donors (Lipinski definition) is 3. The van der Waals surface area contributed by atoms with Gasteiger partial charge in [-0.2, -0.15) is 0 Å². The SMILES string of the molecule is O=C(NCc1cccc(N2CC=CC2)c1)NC1c2ccccc2CC1O. The second-order valence-corrected chi connectivity index (χ2v) is 6.82. The Balaban J connectivity index is 1.35. The van der Waals surface area contributed by atoms with Crippen LogP contribution in [0.1, 0.15) is 22.7 Å². The Hall–Kier alpha value is -2.79. The van der Waals surface area contributed by atoms with Gasteiger partial charge in [0.25, 0.3) is 0 Å². The van der Waals surface area contributed by atoms with Gasteiger partial charge in [-0.25, -0.2) is 4.79 Å². The van der Waals surface area contributed by atoms with Gasteiger partial charge in [-0.1, -0.05) is 48.6 Å². The summed E-state index contributed by atoms with van der Waals surface area (Å²) in [4.78, 5) is 14.6. The predicted molar refractivity (Wildman–Crippen MR) is 102 cm³/mol. The molecule has 0 fully saturated rings. The Morgan fingerprint density at radius 3 is 2.77 bits per heavy atom. The molecule has 2 aromatic carbocycles. The monoisotopic (exact) mass is 349 g/mol. The maximum atomic E-state index is 12.3. The standard InChI is InChI=1S/C21H23N3O2/c25-19-13-16-7-1-2-9-18(16)20(19)23-21(26)22-14-15-6-5-8-17(12-15)24-10-3-4-11-24/h1-9,12,19-20,25H,10-11,13-14H2,(H2,22,23,26). The average Bonchev–Trinajstić information content (AvgIpc) is 3.29. The van der Waals surface area contributed by atoms with Gasteiger partial charge in [0.05, 0.1) is 12.1 Å². The summed E-state index contributed by atoms with van der Waals surface area (Å²) in [7, 11) is 0. The number of amides is 2. The van der Waals surface area contributed by atoms with E-state index in [0.717, 1.165) is 35.5 Å². The van der Waals surface area contributed by atoms with Crippen LogP contribution in [0.5, 0.6) is 0 Å². The van der Waals surface area contributed by atoms with Crippen LogP contribution in [0.2, 0.25) is 0 Å². The van der Waals surface area contributed by atoms with E-state index < -0.39 is 6.10 Å². The molecule has 3 N–H and O–H groups in total. The number of benzene rings is 2. The summed E-state index contributed by atoms with van der Waals surface area (Å²) in [5, 5.41) is 16.1. The molecule has 1 aliphatic carbocycles. The van der Waals surface area contributed by atoms with Crippen LogP contribution in [0.25, 0.3) is 0 Å². The molecule has 1 aliphatic heterocycles. The van der Waals surface area contributed by atoms with Gasteiger partial charge in [-0.15, -0.1) is 0 Å². The van der Waals surface area contributed by atoms with Crippen molar-refractivity contribution in [3.63, 3.8) is 0 Å². The fraction of sp³-hybridized carbons (Fsp3) is 0.286. The molecule has 5 heteroatoms. The summed E-state index contributed by atoms with van der Waals surface area (Å²) in [6, 6.07) is 15.4. The summed E-state index contributed by atoms with van der Waals surface area (Å²) in [5.74, 6) is 0. The number of hydrogen-bond acceptors (Lipinski definition) is 3. The second kappa shape index (κ2) is 7.22. The highest BCUT2D eigenvalue weighted by atomic mass is 16.3. The van der Waals surface area contributed by atoms with Crippen LogP contribution in [-0.4, -0.2) is 30.3 Å². The minimum absolute atomic E-state index is 0.265. The van der Waals surface area contributed by atoms with Gasteiger partial charge < -0.3 is 20.6 Å². The molecule has 4 rings (SSSR count). The lowest BCUT2D eigenvalue weighted by Gasteiger charge is -2.20. The Bertz CT molecular complexity index is 826. The number of rotatable bonds is 4. The lowest BCUT2D eigenvalue weighted by molar-refractivity contribution is 0.142. The van der Waals surface area contributed by atoms with Crippen molar-refractivity contribution < 1.29 is 9.90 Å². The Kier molecular flexibility index (Phi) is 4.63. The molecule has 0 spiro atoms. The number of aliphatic hydroxyl groups is 1. The van der Waals surface area contributed by atoms with E-state index in [-0.39, 0.29) is 12.1 Å². The first-order valence-electron chi connectivity index (χ1n) is 9.00. The second-order valence-electron chi connectivity index (χ2n) is 6.82. The molecule has 0 radical (unpaired) electrons. The van der Waals surface area contributed by atoms with E-state index in [0.29, 0.717) is 13.0 Å². The van der Waals surface area contributed by atoms with Crippen molar-refractivity contribution in [2.24, 2.45) is 0 Å². The molecule has 5 nitrogen and oxygen atoms in total. The molecule has 1 heterocycles. The highest BCUT2D eigenvalue weighted by Gasteiger charge is 2.31. The summed E-state index contributed by atoms with van der Waals surface area (Å²) >= 11 is 0. The van der Waals surface area contributed by atoms with Gasteiger partial charge in [-0.3, -0.25) is 0 Å². The van der Waals surface area contributed by atoms with Gasteiger partial charge in [0.1, 0.15) is 0 Å². The first-order chi connectivity index (χ1) is 12.7. The number of carbonyl (C=O) groups is 1. The van der Waals surface area contributed by atoms with Crippen molar-refractivity contribution in [2.75, 3.05) is 18.0 Å². The summed E-state index contributed by atoms with van der Waals surface area (Å²) < 4.78 is 0. The first-order valence-corrected chi connectivity index (χ1v) is 9.00. The first kappa shape index (κ1) is 16.7. The molecular weight excluding hydrogens is 326 g/mol. The number of anilines is 1. The third kappa shape index (κ3) is 3.44. The van der Waals surface area contributed by atoms with Crippen LogP contribution in [0.3, 0.4) is 0 Å². The fourth-order valence-corrected chi connectivity index (χ4v) is 3.67. The van der Waals surface area contributed by atoms with Gasteiger partial charge in [0, 0.05) is 31.7 Å². The van der Waals surface area contributed by atoms with Gasteiger partial charge >= 0.3 is 6.03 Å². The molecule has 26 heavy (non-hydrogen) atoms. The molecular formula is C21H23N3O2. The number of carbonyl (C=O) groups excluding carboxylic acids is 1. The van der Waals surface area contributed by atoms with Gasteiger partial charge in [0.2, 0.25) is 0 Å². The van der Waals surface area contributed by atoms with Crippen LogP contribution in [-0.2, 0) is 13.0 Å². The smallest absolute Gasteiger partial charge is 0.315 e. The highest BCUT2D eigenvalue weighted by Crippen LogP contribution is 2.31. The lowest BCUT2D eigenvalue weighted by atomic mass is 10.1. The van der Waals surface area contributed by atoms with Crippen LogP contribution in [0.4, 0.5) is 10.5 Å². The molecule has 0 bridgehead atoms.